The Labute approximate surface area is 182 Å². The molecule has 0 radical (unpaired) electrons. The number of halogens is 1. The number of piperidine rings is 1. The van der Waals surface area contributed by atoms with E-state index >= 15 is 0 Å². The summed E-state index contributed by atoms with van der Waals surface area (Å²) in [6.07, 6.45) is 6.75. The van der Waals surface area contributed by atoms with Gasteiger partial charge in [0.1, 0.15) is 5.82 Å². The molecule has 1 aliphatic carbocycles. The molecule has 1 spiro atoms. The van der Waals surface area contributed by atoms with Crippen LogP contribution in [0.5, 0.6) is 0 Å². The maximum atomic E-state index is 13.6. The minimum atomic E-state index is -0.272. The second-order valence-corrected chi connectivity index (χ2v) is 9.21. The minimum Gasteiger partial charge on any atom is -0.335 e. The van der Waals surface area contributed by atoms with Crippen molar-refractivity contribution >= 4 is 5.91 Å². The molecule has 160 valence electrons. The van der Waals surface area contributed by atoms with Crippen LogP contribution in [0.1, 0.15) is 60.5 Å². The number of likely N-dealkylation sites (tertiary alicyclic amines) is 1. The lowest BCUT2D eigenvalue weighted by Gasteiger charge is -2.38. The van der Waals surface area contributed by atoms with Gasteiger partial charge in [-0.05, 0) is 80.8 Å². The van der Waals surface area contributed by atoms with Gasteiger partial charge in [0.2, 0.25) is 5.91 Å². The van der Waals surface area contributed by atoms with Crippen LogP contribution in [0.3, 0.4) is 0 Å². The fraction of sp³-hybridized carbons (Fsp3) is 0.385. The molecule has 1 amide bonds. The third kappa shape index (κ3) is 3.36. The van der Waals surface area contributed by atoms with Gasteiger partial charge in [-0.1, -0.05) is 24.3 Å². The molecule has 4 nitrogen and oxygen atoms in total. The molecule has 2 heterocycles. The quantitative estimate of drug-likeness (QED) is 0.563. The van der Waals surface area contributed by atoms with Crippen LogP contribution in [0, 0.1) is 25.1 Å². The van der Waals surface area contributed by atoms with Gasteiger partial charge in [-0.3, -0.25) is 4.79 Å². The van der Waals surface area contributed by atoms with E-state index in [2.05, 4.69) is 34.7 Å². The van der Waals surface area contributed by atoms with Crippen molar-refractivity contribution in [3.8, 4) is 5.69 Å². The standard InChI is InChI=1S/C26H28FN3O/c1-17-13-21(7-10-24(17)29-15-18(2)28-16-29)23-14-26(23)11-4-12-30(25(26)31)19(3)20-5-8-22(27)9-6-20/h5-10,13,15-16,19,23H,4,11-12,14H2,1-3H3. The predicted molar refractivity (Wildman–Crippen MR) is 119 cm³/mol. The van der Waals surface area contributed by atoms with Crippen molar-refractivity contribution in [2.75, 3.05) is 6.54 Å². The summed E-state index contributed by atoms with van der Waals surface area (Å²) in [5.74, 6) is 0.289. The van der Waals surface area contributed by atoms with Crippen LogP contribution in [-0.4, -0.2) is 26.9 Å². The minimum absolute atomic E-state index is 0.0416. The van der Waals surface area contributed by atoms with Gasteiger partial charge in [0, 0.05) is 18.4 Å². The van der Waals surface area contributed by atoms with E-state index in [0.717, 1.165) is 42.8 Å². The van der Waals surface area contributed by atoms with Crippen molar-refractivity contribution in [3.05, 3.63) is 83.2 Å². The smallest absolute Gasteiger partial charge is 0.229 e. The first-order valence-electron chi connectivity index (χ1n) is 11.1. The number of carbonyl (C=O) groups is 1. The third-order valence-electron chi connectivity index (χ3n) is 7.22. The maximum Gasteiger partial charge on any atom is 0.229 e. The van der Waals surface area contributed by atoms with Gasteiger partial charge in [-0.15, -0.1) is 0 Å². The lowest BCUT2D eigenvalue weighted by atomic mass is 9.87. The van der Waals surface area contributed by atoms with Gasteiger partial charge in [-0.25, -0.2) is 9.37 Å². The second kappa shape index (κ2) is 7.33. The summed E-state index contributed by atoms with van der Waals surface area (Å²) in [5, 5.41) is 0. The molecule has 1 saturated heterocycles. The normalized spacial score (nSPS) is 23.9. The summed E-state index contributed by atoms with van der Waals surface area (Å²) < 4.78 is 15.4. The number of aryl methyl sites for hydroxylation is 2. The SMILES string of the molecule is Cc1cn(-c2ccc(C3CC34CCCN(C(C)c3ccc(F)cc3)C4=O)cc2C)cn1. The number of hydrogen-bond donors (Lipinski definition) is 0. The average molecular weight is 418 g/mol. The summed E-state index contributed by atoms with van der Waals surface area (Å²) in [5.41, 5.74) is 5.28. The largest absolute Gasteiger partial charge is 0.335 e. The zero-order valence-corrected chi connectivity index (χ0v) is 18.3. The highest BCUT2D eigenvalue weighted by Crippen LogP contribution is 2.64. The van der Waals surface area contributed by atoms with E-state index in [0.29, 0.717) is 0 Å². The average Bonchev–Trinajstić information content (AvgIpc) is 3.32. The molecule has 1 aromatic heterocycles. The van der Waals surface area contributed by atoms with Crippen molar-refractivity contribution in [2.45, 2.75) is 52.0 Å². The van der Waals surface area contributed by atoms with E-state index in [4.69, 9.17) is 0 Å². The van der Waals surface area contributed by atoms with Crippen molar-refractivity contribution in [2.24, 2.45) is 5.41 Å². The van der Waals surface area contributed by atoms with Gasteiger partial charge in [0.05, 0.1) is 23.5 Å². The van der Waals surface area contributed by atoms with E-state index < -0.39 is 0 Å². The van der Waals surface area contributed by atoms with E-state index in [9.17, 15) is 9.18 Å². The monoisotopic (exact) mass is 417 g/mol. The zero-order chi connectivity index (χ0) is 21.8. The van der Waals surface area contributed by atoms with Crippen molar-refractivity contribution < 1.29 is 9.18 Å². The number of imidazole rings is 1. The molecule has 2 aromatic carbocycles. The van der Waals surface area contributed by atoms with Gasteiger partial charge >= 0.3 is 0 Å². The number of rotatable bonds is 4. The van der Waals surface area contributed by atoms with Crippen molar-refractivity contribution in [1.82, 2.24) is 14.5 Å². The van der Waals surface area contributed by atoms with Crippen LogP contribution in [0.15, 0.2) is 55.0 Å². The van der Waals surface area contributed by atoms with Crippen LogP contribution in [0.25, 0.3) is 5.69 Å². The molecule has 1 saturated carbocycles. The highest BCUT2D eigenvalue weighted by atomic mass is 19.1. The molecular formula is C26H28FN3O. The van der Waals surface area contributed by atoms with Crippen LogP contribution < -0.4 is 0 Å². The lowest BCUT2D eigenvalue weighted by Crippen LogP contribution is -2.44. The Balaban J connectivity index is 1.37. The first kappa shape index (κ1) is 20.0. The highest BCUT2D eigenvalue weighted by molar-refractivity contribution is 5.88. The first-order chi connectivity index (χ1) is 14.9. The summed E-state index contributed by atoms with van der Waals surface area (Å²) in [6.45, 7) is 6.92. The Morgan fingerprint density at radius 2 is 1.94 bits per heavy atom. The first-order valence-corrected chi connectivity index (χ1v) is 11.1. The van der Waals surface area contributed by atoms with E-state index in [1.54, 1.807) is 12.1 Å². The Kier molecular flexibility index (Phi) is 4.72. The fourth-order valence-electron chi connectivity index (χ4n) is 5.34. The third-order valence-corrected chi connectivity index (χ3v) is 7.22. The Hall–Kier alpha value is -2.95. The topological polar surface area (TPSA) is 38.1 Å². The van der Waals surface area contributed by atoms with Crippen LogP contribution in [0.4, 0.5) is 4.39 Å². The van der Waals surface area contributed by atoms with Gasteiger partial charge in [-0.2, -0.15) is 0 Å². The molecule has 1 aliphatic heterocycles. The van der Waals surface area contributed by atoms with E-state index in [1.807, 2.05) is 31.3 Å². The van der Waals surface area contributed by atoms with Crippen molar-refractivity contribution in [1.29, 1.82) is 0 Å². The van der Waals surface area contributed by atoms with Crippen LogP contribution in [-0.2, 0) is 4.79 Å². The number of aromatic nitrogens is 2. The molecule has 2 aliphatic rings. The summed E-state index contributed by atoms with van der Waals surface area (Å²) in [4.78, 5) is 19.9. The molecule has 5 rings (SSSR count). The summed E-state index contributed by atoms with van der Waals surface area (Å²) in [7, 11) is 0. The Morgan fingerprint density at radius 3 is 2.61 bits per heavy atom. The molecular weight excluding hydrogens is 389 g/mol. The number of benzene rings is 2. The van der Waals surface area contributed by atoms with Crippen LogP contribution in [0.2, 0.25) is 0 Å². The van der Waals surface area contributed by atoms with Gasteiger partial charge < -0.3 is 9.47 Å². The number of amides is 1. The Morgan fingerprint density at radius 1 is 1.16 bits per heavy atom. The summed E-state index contributed by atoms with van der Waals surface area (Å²) in [6, 6.07) is 13.0. The number of carbonyl (C=O) groups excluding carboxylic acids is 1. The number of hydrogen-bond acceptors (Lipinski definition) is 2. The predicted octanol–water partition coefficient (Wildman–Crippen LogP) is 5.49. The molecule has 31 heavy (non-hydrogen) atoms. The molecule has 0 bridgehead atoms. The molecule has 3 unspecified atom stereocenters. The molecule has 2 fully saturated rings. The molecule has 5 heteroatoms. The van der Waals surface area contributed by atoms with Crippen LogP contribution >= 0.6 is 0 Å². The lowest BCUT2D eigenvalue weighted by molar-refractivity contribution is -0.143. The van der Waals surface area contributed by atoms with E-state index in [-0.39, 0.29) is 29.1 Å². The molecule has 0 N–H and O–H groups in total. The fourth-order valence-corrected chi connectivity index (χ4v) is 5.34. The molecule has 3 aromatic rings. The number of nitrogens with zero attached hydrogens (tertiary/aromatic N) is 3. The highest BCUT2D eigenvalue weighted by Gasteiger charge is 2.62. The van der Waals surface area contributed by atoms with Crippen molar-refractivity contribution in [3.63, 3.8) is 0 Å². The Bertz CT molecular complexity index is 1140. The second-order valence-electron chi connectivity index (χ2n) is 9.21. The van der Waals surface area contributed by atoms with Gasteiger partial charge in [0.25, 0.3) is 0 Å². The van der Waals surface area contributed by atoms with Gasteiger partial charge in [0.15, 0.2) is 0 Å². The molecule has 3 atom stereocenters. The zero-order valence-electron chi connectivity index (χ0n) is 18.3. The van der Waals surface area contributed by atoms with E-state index in [1.165, 1.54) is 23.3 Å². The summed E-state index contributed by atoms with van der Waals surface area (Å²) >= 11 is 0. The maximum absolute atomic E-state index is 13.6.